The molecule has 0 unspecified atom stereocenters. The van der Waals surface area contributed by atoms with Crippen molar-refractivity contribution in [3.63, 3.8) is 0 Å². The van der Waals surface area contributed by atoms with E-state index in [9.17, 15) is 23.1 Å². The summed E-state index contributed by atoms with van der Waals surface area (Å²) in [6.07, 6.45) is -0.0482. The molecule has 1 aromatic heterocycles. The van der Waals surface area contributed by atoms with E-state index in [1.54, 1.807) is 23.2 Å². The molecule has 0 bridgehead atoms. The number of hydrogen-bond acceptors (Lipinski definition) is 6. The first-order chi connectivity index (χ1) is 20.1. The molecule has 5 rings (SSSR count). The van der Waals surface area contributed by atoms with Gasteiger partial charge in [0, 0.05) is 34.3 Å². The summed E-state index contributed by atoms with van der Waals surface area (Å²) >= 11 is 1.66. The van der Waals surface area contributed by atoms with Crippen LogP contribution in [0.3, 0.4) is 0 Å². The zero-order valence-electron chi connectivity index (χ0n) is 23.4. The maximum absolute atomic E-state index is 13.0. The van der Waals surface area contributed by atoms with E-state index in [2.05, 4.69) is 29.4 Å². The van der Waals surface area contributed by atoms with E-state index in [0.717, 1.165) is 37.9 Å². The summed E-state index contributed by atoms with van der Waals surface area (Å²) in [5, 5.41) is 12.4. The lowest BCUT2D eigenvalue weighted by molar-refractivity contribution is -0.137. The number of nitrogens with zero attached hydrogens (tertiary/aromatic N) is 1. The van der Waals surface area contributed by atoms with Crippen molar-refractivity contribution in [2.75, 3.05) is 24.6 Å². The Bertz CT molecular complexity index is 1800. The number of sulfone groups is 1. The molecule has 9 heteroatoms. The van der Waals surface area contributed by atoms with Gasteiger partial charge in [-0.15, -0.1) is 17.3 Å². The number of hydrogen-bond donors (Lipinski definition) is 1. The quantitative estimate of drug-likeness (QED) is 0.252. The normalized spacial score (nSPS) is 15.0. The van der Waals surface area contributed by atoms with Gasteiger partial charge in [-0.2, -0.15) is 0 Å². The molecule has 1 saturated heterocycles. The minimum atomic E-state index is -3.06. The topological polar surface area (TPSA) is 101 Å². The van der Waals surface area contributed by atoms with Crippen molar-refractivity contribution in [1.82, 2.24) is 4.90 Å². The van der Waals surface area contributed by atoms with Crippen LogP contribution in [0, 0.1) is 18.8 Å². The third kappa shape index (κ3) is 6.67. The van der Waals surface area contributed by atoms with Crippen LogP contribution in [0.25, 0.3) is 21.2 Å². The predicted octanol–water partition coefficient (Wildman–Crippen LogP) is 5.91. The Kier molecular flexibility index (Phi) is 8.66. The number of carboxylic acids is 1. The highest BCUT2D eigenvalue weighted by Crippen LogP contribution is 2.37. The van der Waals surface area contributed by atoms with Gasteiger partial charge in [-0.05, 0) is 77.9 Å². The number of thiophene rings is 1. The molecule has 0 aliphatic carbocycles. The van der Waals surface area contributed by atoms with E-state index in [1.807, 2.05) is 55.5 Å². The molecule has 2 heterocycles. The van der Waals surface area contributed by atoms with E-state index in [4.69, 9.17) is 4.74 Å². The maximum Gasteiger partial charge on any atom is 0.304 e. The molecule has 1 aliphatic heterocycles. The third-order valence-electron chi connectivity index (χ3n) is 7.42. The van der Waals surface area contributed by atoms with Gasteiger partial charge in [-0.25, -0.2) is 8.42 Å². The maximum atomic E-state index is 13.0. The molecule has 0 spiro atoms. The molecule has 1 N–H and O–H groups in total. The van der Waals surface area contributed by atoms with Crippen LogP contribution in [-0.2, 0) is 21.2 Å². The number of ether oxygens (including phenoxy) is 1. The van der Waals surface area contributed by atoms with Gasteiger partial charge in [0.15, 0.2) is 9.84 Å². The number of benzene rings is 3. The van der Waals surface area contributed by atoms with Crippen LogP contribution in [0.1, 0.15) is 46.3 Å². The first kappa shape index (κ1) is 29.4. The molecule has 42 heavy (non-hydrogen) atoms. The van der Waals surface area contributed by atoms with Gasteiger partial charge in [-0.3, -0.25) is 9.59 Å². The van der Waals surface area contributed by atoms with Gasteiger partial charge in [-0.1, -0.05) is 30.2 Å². The Labute approximate surface area is 249 Å². The van der Waals surface area contributed by atoms with Crippen LogP contribution in [0.15, 0.2) is 66.0 Å². The van der Waals surface area contributed by atoms with Gasteiger partial charge in [0.2, 0.25) is 0 Å². The Hall–Kier alpha value is -4.13. The molecule has 1 amide bonds. The number of fused-ring (bicyclic) bond motifs is 1. The van der Waals surface area contributed by atoms with Crippen molar-refractivity contribution in [2.45, 2.75) is 32.8 Å². The monoisotopic (exact) mass is 601 g/mol. The molecule has 0 radical (unpaired) electrons. The summed E-state index contributed by atoms with van der Waals surface area (Å²) in [6.45, 7) is 4.51. The number of carboxylic acid groups (broad SMARTS) is 1. The zero-order chi connectivity index (χ0) is 29.9. The lowest BCUT2D eigenvalue weighted by Gasteiger charge is -2.27. The Morgan fingerprint density at radius 1 is 1.02 bits per heavy atom. The molecular weight excluding hydrogens is 570 g/mol. The average molecular weight is 602 g/mol. The molecule has 0 saturated carbocycles. The third-order valence-corrected chi connectivity index (χ3v) is 9.99. The van der Waals surface area contributed by atoms with E-state index in [1.165, 1.54) is 0 Å². The highest BCUT2D eigenvalue weighted by atomic mass is 32.2. The van der Waals surface area contributed by atoms with Gasteiger partial charge in [0.25, 0.3) is 5.91 Å². The molecule has 1 atom stereocenters. The van der Waals surface area contributed by atoms with Crippen molar-refractivity contribution < 1.29 is 27.9 Å². The molecule has 216 valence electrons. The number of aliphatic carboxylic acids is 1. The first-order valence-corrected chi connectivity index (χ1v) is 16.3. The average Bonchev–Trinajstić information content (AvgIpc) is 3.38. The fourth-order valence-electron chi connectivity index (χ4n) is 5.14. The summed E-state index contributed by atoms with van der Waals surface area (Å²) in [4.78, 5) is 25.8. The van der Waals surface area contributed by atoms with Crippen molar-refractivity contribution in [3.8, 4) is 28.7 Å². The number of carbonyl (C=O) groups excluding carboxylic acids is 1. The molecule has 1 fully saturated rings. The van der Waals surface area contributed by atoms with Crippen molar-refractivity contribution in [1.29, 1.82) is 0 Å². The molecule has 3 aromatic carbocycles. The van der Waals surface area contributed by atoms with Gasteiger partial charge < -0.3 is 14.7 Å². The van der Waals surface area contributed by atoms with E-state index in [0.29, 0.717) is 17.9 Å². The van der Waals surface area contributed by atoms with E-state index >= 15 is 0 Å². The molecule has 1 aliphatic rings. The van der Waals surface area contributed by atoms with E-state index < -0.39 is 15.8 Å². The van der Waals surface area contributed by atoms with E-state index in [-0.39, 0.29) is 42.8 Å². The smallest absolute Gasteiger partial charge is 0.304 e. The predicted molar refractivity (Wildman–Crippen MR) is 166 cm³/mol. The Morgan fingerprint density at radius 2 is 1.76 bits per heavy atom. The van der Waals surface area contributed by atoms with Crippen LogP contribution >= 0.6 is 11.3 Å². The van der Waals surface area contributed by atoms with Crippen molar-refractivity contribution in [2.24, 2.45) is 0 Å². The summed E-state index contributed by atoms with van der Waals surface area (Å²) in [5.74, 6) is 5.09. The van der Waals surface area contributed by atoms with Gasteiger partial charge in [0.1, 0.15) is 12.4 Å². The van der Waals surface area contributed by atoms with Crippen LogP contribution in [0.4, 0.5) is 0 Å². The SMILES string of the molecule is CC#C[C@@H](CC(=O)O)c1ccc(OCc2ccc3scc(-c4ccc(C(=O)N5CCS(=O)(=O)CC5)cc4C)c3c2)cc1. The number of amides is 1. The second-order valence-corrected chi connectivity index (χ2v) is 13.6. The zero-order valence-corrected chi connectivity index (χ0v) is 25.1. The Morgan fingerprint density at radius 3 is 2.43 bits per heavy atom. The molecular formula is C33H31NO6S2. The molecule has 7 nitrogen and oxygen atoms in total. The fourth-order valence-corrected chi connectivity index (χ4v) is 7.28. The largest absolute Gasteiger partial charge is 0.489 e. The van der Waals surface area contributed by atoms with Crippen LogP contribution in [0.5, 0.6) is 5.75 Å². The summed E-state index contributed by atoms with van der Waals surface area (Å²) in [6, 6.07) is 19.3. The van der Waals surface area contributed by atoms with Crippen LogP contribution in [-0.4, -0.2) is 54.9 Å². The highest BCUT2D eigenvalue weighted by Gasteiger charge is 2.26. The summed E-state index contributed by atoms with van der Waals surface area (Å²) < 4.78 is 30.7. The van der Waals surface area contributed by atoms with Crippen molar-refractivity contribution in [3.05, 3.63) is 88.3 Å². The minimum Gasteiger partial charge on any atom is -0.489 e. The number of aryl methyl sites for hydroxylation is 1. The summed E-state index contributed by atoms with van der Waals surface area (Å²) in [5.41, 5.74) is 5.51. The van der Waals surface area contributed by atoms with Crippen molar-refractivity contribution >= 4 is 43.1 Å². The number of rotatable bonds is 8. The van der Waals surface area contributed by atoms with Crippen LogP contribution < -0.4 is 4.74 Å². The first-order valence-electron chi connectivity index (χ1n) is 13.6. The number of carbonyl (C=O) groups is 2. The Balaban J connectivity index is 1.30. The van der Waals surface area contributed by atoms with Crippen LogP contribution in [0.2, 0.25) is 0 Å². The molecule has 4 aromatic rings. The second kappa shape index (κ2) is 12.4. The lowest BCUT2D eigenvalue weighted by Crippen LogP contribution is -2.43. The highest BCUT2D eigenvalue weighted by molar-refractivity contribution is 7.91. The van der Waals surface area contributed by atoms with Gasteiger partial charge >= 0.3 is 5.97 Å². The lowest BCUT2D eigenvalue weighted by atomic mass is 9.96. The standard InChI is InChI=1S/C33H31NO6S2/c1-3-4-25(19-32(35)36)24-6-9-27(10-7-24)40-20-23-5-12-31-29(18-23)30(21-41-31)28-11-8-26(17-22(28)2)33(37)34-13-15-42(38,39)16-14-34/h5-12,17-18,21,25H,13-16,19-20H2,1-2H3,(H,35,36)/t25-/m0/s1. The fraction of sp³-hybridized carbons (Fsp3) is 0.273. The summed E-state index contributed by atoms with van der Waals surface area (Å²) in [7, 11) is -3.06. The minimum absolute atomic E-state index is 0.00939. The second-order valence-electron chi connectivity index (χ2n) is 10.4. The van der Waals surface area contributed by atoms with Gasteiger partial charge in [0.05, 0.1) is 23.8 Å².